The molecule has 2 unspecified atom stereocenters. The van der Waals surface area contributed by atoms with Gasteiger partial charge in [0.05, 0.1) is 13.2 Å². The average molecular weight is 688 g/mol. The minimum Gasteiger partial charge on any atom is -0.463 e. The van der Waals surface area contributed by atoms with Gasteiger partial charge >= 0.3 is 13.8 Å². The van der Waals surface area contributed by atoms with E-state index in [0.29, 0.717) is 6.42 Å². The second kappa shape index (κ2) is 34.4. The van der Waals surface area contributed by atoms with E-state index < -0.39 is 26.5 Å². The van der Waals surface area contributed by atoms with Crippen LogP contribution in [-0.2, 0) is 27.9 Å². The summed E-state index contributed by atoms with van der Waals surface area (Å²) in [6.45, 7) is 3.49. The lowest BCUT2D eigenvalue weighted by Crippen LogP contribution is -2.27. The number of hydrogen-bond acceptors (Lipinski definition) is 7. The van der Waals surface area contributed by atoms with Crippen molar-refractivity contribution in [3.8, 4) is 0 Å². The molecule has 0 saturated heterocycles. The van der Waals surface area contributed by atoms with Crippen LogP contribution in [0.25, 0.3) is 0 Å². The Balaban J connectivity index is 3.65. The summed E-state index contributed by atoms with van der Waals surface area (Å²) < 4.78 is 26.7. The van der Waals surface area contributed by atoms with Gasteiger partial charge in [-0.2, -0.15) is 0 Å². The molecule has 0 fully saturated rings. The maximum absolute atomic E-state index is 12.0. The summed E-state index contributed by atoms with van der Waals surface area (Å²) >= 11 is 0. The number of esters is 1. The fraction of sp³-hybridized carbons (Fsp3) is 0.838. The van der Waals surface area contributed by atoms with E-state index in [1.165, 1.54) is 70.6 Å². The van der Waals surface area contributed by atoms with Crippen molar-refractivity contribution in [2.75, 3.05) is 26.4 Å². The predicted octanol–water partition coefficient (Wildman–Crippen LogP) is 9.65. The van der Waals surface area contributed by atoms with Gasteiger partial charge in [0.25, 0.3) is 0 Å². The van der Waals surface area contributed by atoms with Gasteiger partial charge in [0.2, 0.25) is 5.91 Å². The van der Waals surface area contributed by atoms with Crippen molar-refractivity contribution in [2.45, 2.75) is 174 Å². The van der Waals surface area contributed by atoms with E-state index in [0.717, 1.165) is 70.6 Å². The molecule has 9 nitrogen and oxygen atoms in total. The highest BCUT2D eigenvalue weighted by Gasteiger charge is 2.23. The van der Waals surface area contributed by atoms with E-state index in [2.05, 4.69) is 43.5 Å². The Morgan fingerprint density at radius 3 is 1.60 bits per heavy atom. The number of rotatable bonds is 35. The van der Waals surface area contributed by atoms with Gasteiger partial charge in [-0.15, -0.1) is 0 Å². The van der Waals surface area contributed by atoms with Crippen LogP contribution in [0, 0.1) is 0 Å². The quantitative estimate of drug-likeness (QED) is 0.0260. The first-order chi connectivity index (χ1) is 22.8. The molecule has 0 radical (unpaired) electrons. The van der Waals surface area contributed by atoms with Crippen LogP contribution in [0.2, 0.25) is 0 Å². The normalized spacial score (nSPS) is 13.7. The van der Waals surface area contributed by atoms with Crippen LogP contribution in [-0.4, -0.2) is 54.3 Å². The second-order valence-electron chi connectivity index (χ2n) is 12.5. The molecule has 0 bridgehead atoms. The molecular weight excluding hydrogens is 617 g/mol. The summed E-state index contributed by atoms with van der Waals surface area (Å²) in [5.41, 5.74) is 0. The highest BCUT2D eigenvalue weighted by atomic mass is 31.2. The van der Waals surface area contributed by atoms with Crippen LogP contribution in [0.4, 0.5) is 0 Å². The van der Waals surface area contributed by atoms with E-state index in [1.54, 1.807) is 0 Å². The van der Waals surface area contributed by atoms with Crippen molar-refractivity contribution in [3.63, 3.8) is 0 Å². The van der Waals surface area contributed by atoms with E-state index in [1.807, 2.05) is 0 Å². The van der Waals surface area contributed by atoms with E-state index in [-0.39, 0.29) is 32.1 Å². The van der Waals surface area contributed by atoms with Gasteiger partial charge in [0, 0.05) is 19.4 Å². The zero-order valence-corrected chi connectivity index (χ0v) is 30.9. The van der Waals surface area contributed by atoms with Crippen LogP contribution in [0.3, 0.4) is 0 Å². The van der Waals surface area contributed by atoms with Crippen molar-refractivity contribution in [3.05, 3.63) is 24.3 Å². The third-order valence-corrected chi connectivity index (χ3v) is 8.84. The van der Waals surface area contributed by atoms with Crippen molar-refractivity contribution in [2.24, 2.45) is 0 Å². The maximum atomic E-state index is 12.0. The van der Waals surface area contributed by atoms with Crippen LogP contribution in [0.15, 0.2) is 24.3 Å². The lowest BCUT2D eigenvalue weighted by Gasteiger charge is -2.15. The first-order valence-electron chi connectivity index (χ1n) is 18.8. The predicted molar refractivity (Wildman–Crippen MR) is 192 cm³/mol. The molecule has 276 valence electrons. The molecule has 10 heteroatoms. The summed E-state index contributed by atoms with van der Waals surface area (Å²) in [6, 6.07) is 0. The van der Waals surface area contributed by atoms with Crippen LogP contribution < -0.4 is 5.32 Å². The monoisotopic (exact) mass is 687 g/mol. The molecule has 0 heterocycles. The zero-order chi connectivity index (χ0) is 34.7. The summed E-state index contributed by atoms with van der Waals surface area (Å²) in [7, 11) is -4.41. The minimum absolute atomic E-state index is 0.0773. The number of carbonyl (C=O) groups excluding carboxylic acids is 2. The number of amides is 1. The van der Waals surface area contributed by atoms with Crippen LogP contribution >= 0.6 is 7.82 Å². The number of aliphatic hydroxyl groups is 1. The molecule has 3 N–H and O–H groups in total. The SMILES string of the molecule is CCCCCC/C=C\CCCCCCCC(=O)NCCOP(=O)(O)OCC(O)COC(=O)CCCCCCC/C=C\CCCCCC. The molecule has 1 amide bonds. The third-order valence-electron chi connectivity index (χ3n) is 7.85. The smallest absolute Gasteiger partial charge is 0.463 e. The number of hydrogen-bond donors (Lipinski definition) is 3. The molecule has 0 aliphatic rings. The molecule has 47 heavy (non-hydrogen) atoms. The molecule has 0 saturated carbocycles. The lowest BCUT2D eigenvalue weighted by molar-refractivity contribution is -0.147. The number of allylic oxidation sites excluding steroid dienone is 4. The van der Waals surface area contributed by atoms with Crippen molar-refractivity contribution in [1.29, 1.82) is 0 Å². The van der Waals surface area contributed by atoms with Crippen molar-refractivity contribution < 1.29 is 37.9 Å². The number of unbranched alkanes of at least 4 members (excludes halogenated alkanes) is 18. The topological polar surface area (TPSA) is 131 Å². The summed E-state index contributed by atoms with van der Waals surface area (Å²) in [5.74, 6) is -0.535. The Kier molecular flexibility index (Phi) is 33.3. The number of ether oxygens (including phenoxy) is 1. The number of aliphatic hydroxyl groups excluding tert-OH is 1. The maximum Gasteiger partial charge on any atom is 0.472 e. The average Bonchev–Trinajstić information content (AvgIpc) is 3.05. The molecular formula is C37H70NO8P. The molecule has 0 spiro atoms. The van der Waals surface area contributed by atoms with Crippen LogP contribution in [0.5, 0.6) is 0 Å². The largest absolute Gasteiger partial charge is 0.472 e. The number of nitrogens with one attached hydrogen (secondary N) is 1. The first kappa shape index (κ1) is 45.5. The standard InChI is InChI=1S/C37H70NO8P/c1-3-5-7-9-11-13-15-17-19-21-23-25-27-29-36(40)38-31-32-45-47(42,43)46-34-35(39)33-44-37(41)30-28-26-24-22-20-18-16-14-12-10-8-6-4-2/h13-16,35,39H,3-12,17-34H2,1-2H3,(H,38,40)(H,42,43)/b15-13-,16-14-. The van der Waals surface area contributed by atoms with E-state index in [4.69, 9.17) is 13.8 Å². The van der Waals surface area contributed by atoms with Crippen LogP contribution in [0.1, 0.15) is 168 Å². The Bertz CT molecular complexity index is 835. The molecule has 0 aromatic rings. The highest BCUT2D eigenvalue weighted by Crippen LogP contribution is 2.42. The van der Waals surface area contributed by atoms with Gasteiger partial charge in [-0.25, -0.2) is 4.57 Å². The number of phosphoric ester groups is 1. The first-order valence-corrected chi connectivity index (χ1v) is 20.3. The summed E-state index contributed by atoms with van der Waals surface area (Å²) in [5, 5.41) is 12.6. The fourth-order valence-corrected chi connectivity index (χ4v) is 5.71. The molecule has 2 atom stereocenters. The summed E-state index contributed by atoms with van der Waals surface area (Å²) in [4.78, 5) is 33.7. The van der Waals surface area contributed by atoms with Gasteiger partial charge in [-0.3, -0.25) is 18.6 Å². The zero-order valence-electron chi connectivity index (χ0n) is 30.0. The van der Waals surface area contributed by atoms with Crippen molar-refractivity contribution in [1.82, 2.24) is 5.32 Å². The number of carbonyl (C=O) groups is 2. The van der Waals surface area contributed by atoms with Gasteiger partial charge in [-0.1, -0.05) is 115 Å². The molecule has 0 aliphatic heterocycles. The van der Waals surface area contributed by atoms with Gasteiger partial charge in [0.1, 0.15) is 12.7 Å². The Morgan fingerprint density at radius 2 is 1.09 bits per heavy atom. The lowest BCUT2D eigenvalue weighted by atomic mass is 10.1. The highest BCUT2D eigenvalue weighted by molar-refractivity contribution is 7.47. The fourth-order valence-electron chi connectivity index (χ4n) is 4.96. The summed E-state index contributed by atoms with van der Waals surface area (Å²) in [6.07, 6.45) is 33.9. The Hall–Kier alpha value is -1.51. The van der Waals surface area contributed by atoms with Crippen molar-refractivity contribution >= 4 is 19.7 Å². The Morgan fingerprint density at radius 1 is 0.638 bits per heavy atom. The van der Waals surface area contributed by atoms with Gasteiger partial charge < -0.3 is 20.1 Å². The molecule has 0 aromatic heterocycles. The van der Waals surface area contributed by atoms with Gasteiger partial charge in [0.15, 0.2) is 0 Å². The molecule has 0 aromatic carbocycles. The third kappa shape index (κ3) is 35.6. The Labute approximate surface area is 287 Å². The van der Waals surface area contributed by atoms with E-state index in [9.17, 15) is 24.2 Å². The second-order valence-corrected chi connectivity index (χ2v) is 14.0. The minimum atomic E-state index is -4.41. The van der Waals surface area contributed by atoms with E-state index >= 15 is 0 Å². The molecule has 0 rings (SSSR count). The molecule has 0 aliphatic carbocycles. The van der Waals surface area contributed by atoms with Gasteiger partial charge in [-0.05, 0) is 64.2 Å². The number of phosphoric acid groups is 1.